The summed E-state index contributed by atoms with van der Waals surface area (Å²) >= 11 is 6.72. The van der Waals surface area contributed by atoms with Gasteiger partial charge in [-0.1, -0.05) is 12.2 Å². The lowest BCUT2D eigenvalue weighted by atomic mass is 10.6. The van der Waals surface area contributed by atoms with Gasteiger partial charge in [0.25, 0.3) is 0 Å². The van der Waals surface area contributed by atoms with Crippen LogP contribution in [-0.4, -0.2) is 35.0 Å². The van der Waals surface area contributed by atoms with Gasteiger partial charge in [0.1, 0.15) is 0 Å². The van der Waals surface area contributed by atoms with E-state index < -0.39 is 0 Å². The van der Waals surface area contributed by atoms with Crippen LogP contribution >= 0.6 is 24.0 Å². The summed E-state index contributed by atoms with van der Waals surface area (Å²) in [4.78, 5) is 2.26. The summed E-state index contributed by atoms with van der Waals surface area (Å²) in [5, 5.41) is 2.34. The molecule has 0 radical (unpaired) electrons. The van der Waals surface area contributed by atoms with Gasteiger partial charge in [-0.05, 0) is 7.05 Å². The Morgan fingerprint density at radius 2 is 2.62 bits per heavy atom. The third-order valence-electron chi connectivity index (χ3n) is 1.28. The second-order valence-electron chi connectivity index (χ2n) is 1.88. The van der Waals surface area contributed by atoms with Crippen LogP contribution in [0.4, 0.5) is 0 Å². The molecule has 1 saturated heterocycles. The minimum atomic E-state index is 0.505. The van der Waals surface area contributed by atoms with Gasteiger partial charge in [-0.15, -0.1) is 11.8 Å². The summed E-state index contributed by atoms with van der Waals surface area (Å²) in [6, 6.07) is 0. The predicted octanol–water partition coefficient (Wildman–Crippen LogP) is 0.991. The topological polar surface area (TPSA) is 3.24 Å². The highest BCUT2D eigenvalue weighted by molar-refractivity contribution is 8.01. The number of hydrogen-bond acceptors (Lipinski definition) is 3. The number of nitrogens with zero attached hydrogens (tertiary/aromatic N) is 1. The molecule has 0 amide bonds. The van der Waals surface area contributed by atoms with E-state index >= 15 is 0 Å². The quantitative estimate of drug-likeness (QED) is 0.509. The van der Waals surface area contributed by atoms with Crippen LogP contribution in [0.2, 0.25) is 0 Å². The lowest BCUT2D eigenvalue weighted by molar-refractivity contribution is 0.407. The van der Waals surface area contributed by atoms with Crippen LogP contribution in [0.25, 0.3) is 0 Å². The van der Waals surface area contributed by atoms with Crippen molar-refractivity contribution in [1.82, 2.24) is 4.90 Å². The van der Waals surface area contributed by atoms with E-state index in [-0.39, 0.29) is 0 Å². The molecule has 0 aromatic carbocycles. The predicted molar refractivity (Wildman–Crippen MR) is 42.5 cm³/mol. The molecule has 0 N–H and O–H groups in total. The maximum atomic E-state index is 4.80. The van der Waals surface area contributed by atoms with Crippen LogP contribution in [0.5, 0.6) is 0 Å². The van der Waals surface area contributed by atoms with E-state index in [0.29, 0.717) is 5.37 Å². The minimum absolute atomic E-state index is 0.505. The molecule has 0 bridgehead atoms. The van der Waals surface area contributed by atoms with E-state index in [2.05, 4.69) is 11.9 Å². The standard InChI is InChI=1S/C5H9NS2/c1-6-2-3-8-5(6)4-7/h4-5H,2-3H2,1H3. The molecule has 0 aromatic heterocycles. The van der Waals surface area contributed by atoms with Crippen LogP contribution in [0.15, 0.2) is 0 Å². The Kier molecular flexibility index (Phi) is 2.28. The van der Waals surface area contributed by atoms with Crippen molar-refractivity contribution in [1.29, 1.82) is 0 Å². The van der Waals surface area contributed by atoms with Crippen molar-refractivity contribution in [2.24, 2.45) is 0 Å². The molecule has 0 spiro atoms. The molecule has 1 heterocycles. The normalized spacial score (nSPS) is 30.9. The van der Waals surface area contributed by atoms with E-state index in [1.807, 2.05) is 17.1 Å². The van der Waals surface area contributed by atoms with Crippen LogP contribution < -0.4 is 0 Å². The van der Waals surface area contributed by atoms with Gasteiger partial charge in [-0.2, -0.15) is 0 Å². The summed E-state index contributed by atoms with van der Waals surface area (Å²) < 4.78 is 0. The third kappa shape index (κ3) is 1.21. The van der Waals surface area contributed by atoms with Gasteiger partial charge in [-0.25, -0.2) is 0 Å². The first-order chi connectivity index (χ1) is 3.84. The van der Waals surface area contributed by atoms with Gasteiger partial charge in [0.2, 0.25) is 0 Å². The molecule has 1 rings (SSSR count). The Labute approximate surface area is 59.4 Å². The monoisotopic (exact) mass is 147 g/mol. The highest BCUT2D eigenvalue weighted by Crippen LogP contribution is 2.19. The molecule has 1 atom stereocenters. The summed E-state index contributed by atoms with van der Waals surface area (Å²) in [6.45, 7) is 1.18. The molecule has 1 aliphatic heterocycles. The van der Waals surface area contributed by atoms with Crippen molar-refractivity contribution in [3.8, 4) is 0 Å². The lowest BCUT2D eigenvalue weighted by Crippen LogP contribution is -2.23. The van der Waals surface area contributed by atoms with Crippen molar-refractivity contribution in [2.45, 2.75) is 5.37 Å². The SMILES string of the molecule is CN1CCSC1C=S. The van der Waals surface area contributed by atoms with Gasteiger partial charge in [-0.3, -0.25) is 4.90 Å². The Morgan fingerprint density at radius 3 is 2.88 bits per heavy atom. The fourth-order valence-corrected chi connectivity index (χ4v) is 2.23. The van der Waals surface area contributed by atoms with Gasteiger partial charge < -0.3 is 0 Å². The molecular weight excluding hydrogens is 138 g/mol. The van der Waals surface area contributed by atoms with Crippen molar-refractivity contribution in [3.63, 3.8) is 0 Å². The summed E-state index contributed by atoms with van der Waals surface area (Å²) in [5.74, 6) is 1.23. The van der Waals surface area contributed by atoms with Crippen molar-refractivity contribution in [3.05, 3.63) is 0 Å². The lowest BCUT2D eigenvalue weighted by Gasteiger charge is -2.11. The number of thioether (sulfide) groups is 1. The Balaban J connectivity index is 2.41. The molecule has 8 heavy (non-hydrogen) atoms. The molecule has 1 unspecified atom stereocenters. The number of hydrogen-bond donors (Lipinski definition) is 0. The maximum Gasteiger partial charge on any atom is 0.0845 e. The fourth-order valence-electron chi connectivity index (χ4n) is 0.715. The zero-order chi connectivity index (χ0) is 5.98. The zero-order valence-electron chi connectivity index (χ0n) is 4.83. The van der Waals surface area contributed by atoms with Crippen LogP contribution in [0, 0.1) is 0 Å². The highest BCUT2D eigenvalue weighted by Gasteiger charge is 2.17. The minimum Gasteiger partial charge on any atom is -0.290 e. The molecule has 1 aliphatic rings. The highest BCUT2D eigenvalue weighted by atomic mass is 32.2. The number of rotatable bonds is 1. The van der Waals surface area contributed by atoms with Crippen molar-refractivity contribution < 1.29 is 0 Å². The fraction of sp³-hybridized carbons (Fsp3) is 0.800. The molecule has 1 nitrogen and oxygen atoms in total. The zero-order valence-corrected chi connectivity index (χ0v) is 6.47. The van der Waals surface area contributed by atoms with Crippen LogP contribution in [-0.2, 0) is 0 Å². The van der Waals surface area contributed by atoms with E-state index in [9.17, 15) is 0 Å². The van der Waals surface area contributed by atoms with E-state index in [4.69, 9.17) is 12.2 Å². The Morgan fingerprint density at radius 1 is 1.88 bits per heavy atom. The smallest absolute Gasteiger partial charge is 0.0845 e. The largest absolute Gasteiger partial charge is 0.290 e. The third-order valence-corrected chi connectivity index (χ3v) is 2.97. The summed E-state index contributed by atoms with van der Waals surface area (Å²) in [5.41, 5.74) is 0. The average Bonchev–Trinajstić information content (AvgIpc) is 2.14. The Hall–Kier alpha value is 0.400. The van der Waals surface area contributed by atoms with Crippen LogP contribution in [0.1, 0.15) is 0 Å². The van der Waals surface area contributed by atoms with Gasteiger partial charge in [0.15, 0.2) is 0 Å². The van der Waals surface area contributed by atoms with E-state index in [1.165, 1.54) is 12.3 Å². The maximum absolute atomic E-state index is 4.80. The summed E-state index contributed by atoms with van der Waals surface area (Å²) in [6.07, 6.45) is 0. The van der Waals surface area contributed by atoms with E-state index in [0.717, 1.165) is 0 Å². The molecule has 0 aromatic rings. The molecule has 1 fully saturated rings. The van der Waals surface area contributed by atoms with Gasteiger partial charge in [0, 0.05) is 17.7 Å². The molecule has 0 aliphatic carbocycles. The second kappa shape index (κ2) is 2.80. The molecule has 3 heteroatoms. The van der Waals surface area contributed by atoms with E-state index in [1.54, 1.807) is 0 Å². The molecule has 0 saturated carbocycles. The Bertz CT molecular complexity index is 94.4. The first kappa shape index (κ1) is 6.52. The van der Waals surface area contributed by atoms with Crippen LogP contribution in [0.3, 0.4) is 0 Å². The molecular formula is C5H9NS2. The second-order valence-corrected chi connectivity index (χ2v) is 3.37. The first-order valence-corrected chi connectivity index (χ1v) is 4.14. The van der Waals surface area contributed by atoms with Gasteiger partial charge >= 0.3 is 0 Å². The number of thiocarbonyl (C=S) groups is 1. The average molecular weight is 147 g/mol. The molecule has 46 valence electrons. The first-order valence-electron chi connectivity index (χ1n) is 2.62. The summed E-state index contributed by atoms with van der Waals surface area (Å²) in [7, 11) is 2.10. The van der Waals surface area contributed by atoms with Crippen molar-refractivity contribution in [2.75, 3.05) is 19.3 Å². The van der Waals surface area contributed by atoms with Crippen molar-refractivity contribution >= 4 is 29.3 Å². The van der Waals surface area contributed by atoms with Gasteiger partial charge in [0.05, 0.1) is 5.37 Å².